The van der Waals surface area contributed by atoms with Crippen molar-refractivity contribution in [3.63, 3.8) is 0 Å². The number of rotatable bonds is 3. The lowest BCUT2D eigenvalue weighted by Gasteiger charge is -2.33. The van der Waals surface area contributed by atoms with Gasteiger partial charge in [0.2, 0.25) is 0 Å². The summed E-state index contributed by atoms with van der Waals surface area (Å²) < 4.78 is 13.3. The second-order valence-electron chi connectivity index (χ2n) is 5.79. The predicted molar refractivity (Wildman–Crippen MR) is 74.3 cm³/mol. The Hall–Kier alpha value is -1.58. The van der Waals surface area contributed by atoms with Crippen LogP contribution in [0, 0.1) is 11.2 Å². The van der Waals surface area contributed by atoms with Crippen molar-refractivity contribution in [2.24, 2.45) is 5.41 Å². The first-order valence-corrected chi connectivity index (χ1v) is 6.83. The summed E-state index contributed by atoms with van der Waals surface area (Å²) >= 11 is 0. The van der Waals surface area contributed by atoms with Crippen LogP contribution in [0.5, 0.6) is 0 Å². The van der Waals surface area contributed by atoms with Gasteiger partial charge in [-0.25, -0.2) is 4.39 Å². The Morgan fingerprint density at radius 2 is 2.05 bits per heavy atom. The van der Waals surface area contributed by atoms with Gasteiger partial charge in [-0.05, 0) is 36.5 Å². The van der Waals surface area contributed by atoms with Crippen molar-refractivity contribution in [1.29, 1.82) is 0 Å². The molecule has 1 aliphatic rings. The smallest absolute Gasteiger partial charge is 0.251 e. The molecule has 0 unspecified atom stereocenters. The Kier molecular flexibility index (Phi) is 4.08. The molecular formula is C15H21FN2O. The molecule has 1 saturated carbocycles. The molecule has 104 valence electrons. The van der Waals surface area contributed by atoms with Crippen LogP contribution in [-0.4, -0.2) is 12.5 Å². The molecule has 0 atom stereocenters. The summed E-state index contributed by atoms with van der Waals surface area (Å²) in [7, 11) is 0. The van der Waals surface area contributed by atoms with E-state index in [-0.39, 0.29) is 17.0 Å². The number of hydrogen-bond donors (Lipinski definition) is 2. The maximum absolute atomic E-state index is 13.3. The lowest BCUT2D eigenvalue weighted by Crippen LogP contribution is -2.37. The van der Waals surface area contributed by atoms with Crippen LogP contribution in [0.1, 0.15) is 49.4 Å². The molecule has 1 aromatic rings. The summed E-state index contributed by atoms with van der Waals surface area (Å²) in [6.07, 6.45) is 6.02. The van der Waals surface area contributed by atoms with Crippen molar-refractivity contribution >= 4 is 11.6 Å². The van der Waals surface area contributed by atoms with Gasteiger partial charge < -0.3 is 11.1 Å². The zero-order valence-corrected chi connectivity index (χ0v) is 11.3. The molecular weight excluding hydrogens is 243 g/mol. The van der Waals surface area contributed by atoms with E-state index >= 15 is 0 Å². The van der Waals surface area contributed by atoms with Crippen molar-refractivity contribution in [2.45, 2.75) is 39.0 Å². The fourth-order valence-corrected chi connectivity index (χ4v) is 2.65. The summed E-state index contributed by atoms with van der Waals surface area (Å²) in [5, 5.41) is 2.91. The molecule has 4 heteroatoms. The number of benzene rings is 1. The van der Waals surface area contributed by atoms with Crippen LogP contribution in [0.15, 0.2) is 18.2 Å². The molecule has 0 heterocycles. The Morgan fingerprint density at radius 3 is 2.68 bits per heavy atom. The second-order valence-corrected chi connectivity index (χ2v) is 5.79. The lowest BCUT2D eigenvalue weighted by molar-refractivity contribution is 0.0919. The van der Waals surface area contributed by atoms with Gasteiger partial charge in [0.1, 0.15) is 5.82 Å². The fraction of sp³-hybridized carbons (Fsp3) is 0.533. The van der Waals surface area contributed by atoms with E-state index in [0.717, 1.165) is 12.8 Å². The SMILES string of the molecule is CC1(CNC(=O)c2ccc(N)c(F)c2)CCCCC1. The topological polar surface area (TPSA) is 55.1 Å². The zero-order chi connectivity index (χ0) is 13.9. The number of nitrogens with one attached hydrogen (secondary N) is 1. The number of hydrogen-bond acceptors (Lipinski definition) is 2. The molecule has 1 aromatic carbocycles. The van der Waals surface area contributed by atoms with Gasteiger partial charge in [-0.2, -0.15) is 0 Å². The molecule has 1 aliphatic carbocycles. The highest BCUT2D eigenvalue weighted by Crippen LogP contribution is 2.34. The highest BCUT2D eigenvalue weighted by atomic mass is 19.1. The van der Waals surface area contributed by atoms with Gasteiger partial charge >= 0.3 is 0 Å². The normalized spacial score (nSPS) is 18.0. The number of halogens is 1. The van der Waals surface area contributed by atoms with E-state index in [0.29, 0.717) is 12.1 Å². The van der Waals surface area contributed by atoms with E-state index in [2.05, 4.69) is 12.2 Å². The summed E-state index contributed by atoms with van der Waals surface area (Å²) in [6.45, 7) is 2.85. The minimum absolute atomic E-state index is 0.0655. The maximum atomic E-state index is 13.3. The highest BCUT2D eigenvalue weighted by molar-refractivity contribution is 5.94. The molecule has 2 rings (SSSR count). The monoisotopic (exact) mass is 264 g/mol. The van der Waals surface area contributed by atoms with Gasteiger partial charge in [-0.3, -0.25) is 4.79 Å². The summed E-state index contributed by atoms with van der Waals surface area (Å²) in [5.74, 6) is -0.776. The first-order chi connectivity index (χ1) is 9.00. The highest BCUT2D eigenvalue weighted by Gasteiger charge is 2.27. The number of amides is 1. The number of nitrogens with two attached hydrogens (primary N) is 1. The van der Waals surface area contributed by atoms with Crippen LogP contribution in [-0.2, 0) is 0 Å². The zero-order valence-electron chi connectivity index (χ0n) is 11.3. The molecule has 19 heavy (non-hydrogen) atoms. The van der Waals surface area contributed by atoms with E-state index in [9.17, 15) is 9.18 Å². The average molecular weight is 264 g/mol. The molecule has 0 bridgehead atoms. The number of carbonyl (C=O) groups is 1. The van der Waals surface area contributed by atoms with Crippen molar-refractivity contribution in [1.82, 2.24) is 5.32 Å². The Balaban J connectivity index is 1.95. The van der Waals surface area contributed by atoms with Crippen molar-refractivity contribution in [3.8, 4) is 0 Å². The molecule has 3 N–H and O–H groups in total. The van der Waals surface area contributed by atoms with Crippen molar-refractivity contribution < 1.29 is 9.18 Å². The predicted octanol–water partition coefficient (Wildman–Crippen LogP) is 3.11. The van der Waals surface area contributed by atoms with Crippen LogP contribution < -0.4 is 11.1 Å². The quantitative estimate of drug-likeness (QED) is 0.824. The van der Waals surface area contributed by atoms with E-state index in [1.54, 1.807) is 6.07 Å². The second kappa shape index (κ2) is 5.59. The summed E-state index contributed by atoms with van der Waals surface area (Å²) in [5.41, 5.74) is 5.97. The van der Waals surface area contributed by atoms with Crippen LogP contribution >= 0.6 is 0 Å². The van der Waals surface area contributed by atoms with Gasteiger partial charge in [0.05, 0.1) is 5.69 Å². The lowest BCUT2D eigenvalue weighted by atomic mass is 9.76. The number of carbonyl (C=O) groups excluding carboxylic acids is 1. The fourth-order valence-electron chi connectivity index (χ4n) is 2.65. The van der Waals surface area contributed by atoms with E-state index in [4.69, 9.17) is 5.73 Å². The Bertz CT molecular complexity index is 467. The largest absolute Gasteiger partial charge is 0.396 e. The third-order valence-corrected chi connectivity index (χ3v) is 4.00. The van der Waals surface area contributed by atoms with Gasteiger partial charge in [-0.15, -0.1) is 0 Å². The molecule has 3 nitrogen and oxygen atoms in total. The number of anilines is 1. The van der Waals surface area contributed by atoms with Gasteiger partial charge in [-0.1, -0.05) is 26.2 Å². The third kappa shape index (κ3) is 3.46. The maximum Gasteiger partial charge on any atom is 0.251 e. The first-order valence-electron chi connectivity index (χ1n) is 6.83. The molecule has 0 radical (unpaired) electrons. The first kappa shape index (κ1) is 13.8. The molecule has 0 spiro atoms. The van der Waals surface area contributed by atoms with E-state index < -0.39 is 5.82 Å². The van der Waals surface area contributed by atoms with Crippen LogP contribution in [0.2, 0.25) is 0 Å². The van der Waals surface area contributed by atoms with Crippen LogP contribution in [0.4, 0.5) is 10.1 Å². The Morgan fingerprint density at radius 1 is 1.37 bits per heavy atom. The molecule has 0 aliphatic heterocycles. The Labute approximate surface area is 113 Å². The molecule has 0 saturated heterocycles. The van der Waals surface area contributed by atoms with Crippen LogP contribution in [0.25, 0.3) is 0 Å². The molecule has 1 amide bonds. The average Bonchev–Trinajstić information content (AvgIpc) is 2.40. The van der Waals surface area contributed by atoms with Gasteiger partial charge in [0.15, 0.2) is 0 Å². The van der Waals surface area contributed by atoms with Crippen molar-refractivity contribution in [2.75, 3.05) is 12.3 Å². The standard InChI is InChI=1S/C15H21FN2O/c1-15(7-3-2-4-8-15)10-18-14(19)11-5-6-13(17)12(16)9-11/h5-6,9H,2-4,7-8,10,17H2,1H3,(H,18,19). The van der Waals surface area contributed by atoms with E-state index in [1.807, 2.05) is 0 Å². The minimum atomic E-state index is -0.545. The van der Waals surface area contributed by atoms with Gasteiger partial charge in [0.25, 0.3) is 5.91 Å². The van der Waals surface area contributed by atoms with Gasteiger partial charge in [0, 0.05) is 12.1 Å². The van der Waals surface area contributed by atoms with E-state index in [1.165, 1.54) is 31.4 Å². The third-order valence-electron chi connectivity index (χ3n) is 4.00. The molecule has 0 aromatic heterocycles. The number of nitrogen functional groups attached to an aromatic ring is 1. The summed E-state index contributed by atoms with van der Waals surface area (Å²) in [6, 6.07) is 4.16. The van der Waals surface area contributed by atoms with Crippen molar-refractivity contribution in [3.05, 3.63) is 29.6 Å². The molecule has 1 fully saturated rings. The van der Waals surface area contributed by atoms with Crippen LogP contribution in [0.3, 0.4) is 0 Å². The summed E-state index contributed by atoms with van der Waals surface area (Å²) in [4.78, 5) is 12.0. The minimum Gasteiger partial charge on any atom is -0.396 e.